The molecule has 0 saturated heterocycles. The van der Waals surface area contributed by atoms with Crippen molar-refractivity contribution in [1.29, 1.82) is 0 Å². The van der Waals surface area contributed by atoms with Crippen LogP contribution in [-0.4, -0.2) is 53.9 Å². The van der Waals surface area contributed by atoms with E-state index in [-0.39, 0.29) is 5.01 Å². The van der Waals surface area contributed by atoms with E-state index in [1.165, 1.54) is 21.9 Å². The maximum Gasteiger partial charge on any atom is 0.277 e. The van der Waals surface area contributed by atoms with Gasteiger partial charge < -0.3 is 16.5 Å². The van der Waals surface area contributed by atoms with Crippen LogP contribution >= 0.6 is 11.3 Å². The number of nitrogens with one attached hydrogen (secondary N) is 1. The highest BCUT2D eigenvalue weighted by molar-refractivity contribution is 7.88. The molecule has 11 heteroatoms. The molecular weight excluding hydrogens is 510 g/mol. The minimum absolute atomic E-state index is 0.249. The number of H-pyrrole nitrogens is 1. The van der Waals surface area contributed by atoms with Crippen LogP contribution in [0.15, 0.2) is 47.9 Å². The van der Waals surface area contributed by atoms with Crippen molar-refractivity contribution < 1.29 is 18.0 Å². The number of primary amides is 2. The number of nitrogens with zero attached hydrogens (tertiary/aromatic N) is 2. The highest BCUT2D eigenvalue weighted by atomic mass is 32.2. The molecule has 0 bridgehead atoms. The smallest absolute Gasteiger partial charge is 0.277 e. The number of amides is 2. The number of hydrogen-bond acceptors (Lipinski definition) is 6. The average molecular weight is 536 g/mol. The minimum atomic E-state index is -3.26. The summed E-state index contributed by atoms with van der Waals surface area (Å²) in [7, 11) is -3.26. The van der Waals surface area contributed by atoms with Crippen molar-refractivity contribution in [1.82, 2.24) is 14.3 Å². The van der Waals surface area contributed by atoms with E-state index in [1.54, 1.807) is 6.07 Å². The molecule has 3 heterocycles. The number of carbonyl (C=O) groups excluding carboxylic acids is 2. The third kappa shape index (κ3) is 4.57. The summed E-state index contributed by atoms with van der Waals surface area (Å²) in [6.07, 6.45) is 3.64. The zero-order valence-corrected chi connectivity index (χ0v) is 21.9. The topological polar surface area (TPSA) is 152 Å². The molecule has 2 amide bonds. The minimum Gasteiger partial charge on any atom is -0.366 e. The third-order valence-corrected chi connectivity index (χ3v) is 8.79. The van der Waals surface area contributed by atoms with Crippen molar-refractivity contribution in [2.24, 2.45) is 11.5 Å². The number of benzene rings is 2. The standard InChI is InChI=1S/C26H25N5O4S2/c1-14-16(4-3-5-17(14)22-13-36-26(30-22)25(28)33)18-6-7-19(24(27)32)23-20(18)12-21(29-23)15-8-10-31(11-9-15)37(2,34)35/h3-8,12-13,29H,9-11H2,1-2H3,(H2,27,32)(H2,28,33). The van der Waals surface area contributed by atoms with E-state index in [0.717, 1.165) is 38.9 Å². The Kier molecular flexibility index (Phi) is 6.22. The summed E-state index contributed by atoms with van der Waals surface area (Å²) in [6.45, 7) is 2.66. The first kappa shape index (κ1) is 24.9. The van der Waals surface area contributed by atoms with Crippen LogP contribution < -0.4 is 11.5 Å². The summed E-state index contributed by atoms with van der Waals surface area (Å²) in [5, 5.41) is 2.88. The molecule has 4 aromatic rings. The van der Waals surface area contributed by atoms with Crippen LogP contribution in [0.2, 0.25) is 0 Å². The lowest BCUT2D eigenvalue weighted by atomic mass is 9.92. The van der Waals surface area contributed by atoms with E-state index >= 15 is 0 Å². The first-order chi connectivity index (χ1) is 17.5. The largest absolute Gasteiger partial charge is 0.366 e. The fourth-order valence-corrected chi connectivity index (χ4v) is 6.18. The van der Waals surface area contributed by atoms with Crippen LogP contribution in [0.25, 0.3) is 38.9 Å². The number of hydrogen-bond donors (Lipinski definition) is 3. The van der Waals surface area contributed by atoms with Gasteiger partial charge >= 0.3 is 0 Å². The first-order valence-corrected chi connectivity index (χ1v) is 14.2. The van der Waals surface area contributed by atoms with Crippen molar-refractivity contribution in [2.75, 3.05) is 19.3 Å². The predicted octanol–water partition coefficient (Wildman–Crippen LogP) is 3.51. The molecule has 0 spiro atoms. The number of aromatic nitrogens is 2. The van der Waals surface area contributed by atoms with Gasteiger partial charge in [-0.3, -0.25) is 9.59 Å². The lowest BCUT2D eigenvalue weighted by Crippen LogP contribution is -2.33. The Morgan fingerprint density at radius 1 is 1.08 bits per heavy atom. The van der Waals surface area contributed by atoms with Crippen LogP contribution in [0, 0.1) is 6.92 Å². The summed E-state index contributed by atoms with van der Waals surface area (Å²) in [5.74, 6) is -1.11. The van der Waals surface area contributed by atoms with Crippen molar-refractivity contribution in [3.63, 3.8) is 0 Å². The van der Waals surface area contributed by atoms with E-state index in [1.807, 2.05) is 48.7 Å². The molecular formula is C26H25N5O4S2. The number of thiazole rings is 1. The zero-order chi connectivity index (χ0) is 26.5. The Morgan fingerprint density at radius 3 is 2.46 bits per heavy atom. The molecule has 0 unspecified atom stereocenters. The summed E-state index contributed by atoms with van der Waals surface area (Å²) in [6, 6.07) is 11.4. The average Bonchev–Trinajstić information content (AvgIpc) is 3.51. The number of nitrogens with two attached hydrogens (primary N) is 2. The van der Waals surface area contributed by atoms with Gasteiger partial charge in [0, 0.05) is 35.1 Å². The van der Waals surface area contributed by atoms with E-state index in [4.69, 9.17) is 11.5 Å². The Hall–Kier alpha value is -3.80. The van der Waals surface area contributed by atoms with Gasteiger partial charge in [0.25, 0.3) is 11.8 Å². The Bertz CT molecular complexity index is 1720. The van der Waals surface area contributed by atoms with E-state index in [0.29, 0.717) is 36.3 Å². The molecule has 37 heavy (non-hydrogen) atoms. The van der Waals surface area contributed by atoms with Gasteiger partial charge in [0.05, 0.1) is 23.0 Å². The second kappa shape index (κ2) is 9.25. The molecule has 1 aliphatic rings. The Morgan fingerprint density at radius 2 is 1.84 bits per heavy atom. The van der Waals surface area contributed by atoms with Gasteiger partial charge in [-0.05, 0) is 47.7 Å². The molecule has 190 valence electrons. The summed E-state index contributed by atoms with van der Waals surface area (Å²) in [4.78, 5) is 31.5. The first-order valence-electron chi connectivity index (χ1n) is 11.5. The third-order valence-electron chi connectivity index (χ3n) is 6.66. The Balaban J connectivity index is 1.63. The molecule has 2 aromatic carbocycles. The summed E-state index contributed by atoms with van der Waals surface area (Å²) in [5.41, 5.74) is 18.2. The van der Waals surface area contributed by atoms with E-state index in [2.05, 4.69) is 9.97 Å². The number of carbonyl (C=O) groups is 2. The van der Waals surface area contributed by atoms with Crippen LogP contribution in [0.3, 0.4) is 0 Å². The summed E-state index contributed by atoms with van der Waals surface area (Å²) < 4.78 is 25.2. The van der Waals surface area contributed by atoms with Gasteiger partial charge in [-0.1, -0.05) is 30.3 Å². The van der Waals surface area contributed by atoms with Crippen LogP contribution in [-0.2, 0) is 10.0 Å². The number of fused-ring (bicyclic) bond motifs is 1. The van der Waals surface area contributed by atoms with Crippen molar-refractivity contribution in [3.8, 4) is 22.4 Å². The number of rotatable bonds is 6. The molecule has 0 aliphatic carbocycles. The maximum absolute atomic E-state index is 12.2. The maximum atomic E-state index is 12.2. The molecule has 9 nitrogen and oxygen atoms in total. The SMILES string of the molecule is Cc1c(-c2csc(C(N)=O)n2)cccc1-c1ccc(C(N)=O)c2[nH]c(C3=CCN(S(C)(=O)=O)CC3)cc12. The molecule has 0 fully saturated rings. The van der Waals surface area contributed by atoms with E-state index in [9.17, 15) is 18.0 Å². The van der Waals surface area contributed by atoms with Crippen molar-refractivity contribution in [3.05, 3.63) is 69.7 Å². The molecule has 0 atom stereocenters. The second-order valence-corrected chi connectivity index (χ2v) is 11.8. The number of aromatic amines is 1. The van der Waals surface area contributed by atoms with Gasteiger partial charge in [0.2, 0.25) is 10.0 Å². The van der Waals surface area contributed by atoms with Crippen LogP contribution in [0.4, 0.5) is 0 Å². The van der Waals surface area contributed by atoms with E-state index < -0.39 is 21.8 Å². The highest BCUT2D eigenvalue weighted by Crippen LogP contribution is 2.38. The lowest BCUT2D eigenvalue weighted by molar-refractivity contribution is 0.0992. The zero-order valence-electron chi connectivity index (χ0n) is 20.2. The molecule has 2 aromatic heterocycles. The molecule has 1 aliphatic heterocycles. The van der Waals surface area contributed by atoms with Gasteiger partial charge in [0.15, 0.2) is 5.01 Å². The predicted molar refractivity (Wildman–Crippen MR) is 146 cm³/mol. The molecule has 0 radical (unpaired) electrons. The van der Waals surface area contributed by atoms with Gasteiger partial charge in [0.1, 0.15) is 0 Å². The van der Waals surface area contributed by atoms with Gasteiger partial charge in [-0.15, -0.1) is 11.3 Å². The second-order valence-electron chi connectivity index (χ2n) is 8.98. The summed E-state index contributed by atoms with van der Waals surface area (Å²) >= 11 is 1.20. The lowest BCUT2D eigenvalue weighted by Gasteiger charge is -2.23. The van der Waals surface area contributed by atoms with Crippen LogP contribution in [0.1, 0.15) is 37.8 Å². The Labute approximate surface area is 217 Å². The fourth-order valence-electron chi connectivity index (χ4n) is 4.74. The van der Waals surface area contributed by atoms with Crippen LogP contribution in [0.5, 0.6) is 0 Å². The van der Waals surface area contributed by atoms with Crippen molar-refractivity contribution in [2.45, 2.75) is 13.3 Å². The number of sulfonamides is 1. The molecule has 0 saturated carbocycles. The fraction of sp³-hybridized carbons (Fsp3) is 0.192. The molecule has 5 rings (SSSR count). The normalized spacial score (nSPS) is 14.6. The highest BCUT2D eigenvalue weighted by Gasteiger charge is 2.23. The molecule has 5 N–H and O–H groups in total. The quantitative estimate of drug-likeness (QED) is 0.345. The van der Waals surface area contributed by atoms with Gasteiger partial charge in [-0.25, -0.2) is 13.4 Å². The van der Waals surface area contributed by atoms with Gasteiger partial charge in [-0.2, -0.15) is 4.31 Å². The van der Waals surface area contributed by atoms with Crippen molar-refractivity contribution >= 4 is 49.7 Å². The monoisotopic (exact) mass is 535 g/mol.